The Morgan fingerprint density at radius 2 is 1.83 bits per heavy atom. The van der Waals surface area contributed by atoms with Gasteiger partial charge in [-0.15, -0.1) is 11.3 Å². The topological polar surface area (TPSA) is 96.0 Å². The highest BCUT2D eigenvalue weighted by Gasteiger charge is 2.16. The summed E-state index contributed by atoms with van der Waals surface area (Å²) in [6, 6.07) is 9.08. The van der Waals surface area contributed by atoms with E-state index < -0.39 is 0 Å². The largest absolute Gasteiger partial charge is 0.338 e. The Kier molecular flexibility index (Phi) is 3.68. The zero-order chi connectivity index (χ0) is 20.1. The van der Waals surface area contributed by atoms with Gasteiger partial charge in [0.05, 0.1) is 29.3 Å². The van der Waals surface area contributed by atoms with Gasteiger partial charge in [-0.2, -0.15) is 9.49 Å². The summed E-state index contributed by atoms with van der Waals surface area (Å²) in [5.41, 5.74) is 5.41. The normalized spacial score (nSPS) is 11.5. The number of halogens is 1. The van der Waals surface area contributed by atoms with Gasteiger partial charge >= 0.3 is 0 Å². The molecular weight excluding hydrogens is 401 g/mol. The van der Waals surface area contributed by atoms with E-state index in [9.17, 15) is 4.39 Å². The van der Waals surface area contributed by atoms with Crippen LogP contribution in [0.5, 0.6) is 0 Å². The molecule has 144 valence electrons. The average molecular weight is 413 g/mol. The molecule has 30 heavy (non-hydrogen) atoms. The number of aromatic nitrogens is 7. The Morgan fingerprint density at radius 3 is 2.67 bits per heavy atom. The Labute approximate surface area is 172 Å². The molecule has 6 rings (SSSR count). The van der Waals surface area contributed by atoms with Gasteiger partial charge in [-0.3, -0.25) is 20.1 Å². The van der Waals surface area contributed by atoms with Crippen molar-refractivity contribution in [2.45, 2.75) is 0 Å². The lowest BCUT2D eigenvalue weighted by atomic mass is 10.1. The molecular formula is C21H12FN7S. The van der Waals surface area contributed by atoms with Crippen molar-refractivity contribution in [3.63, 3.8) is 0 Å². The molecule has 0 amide bonds. The Bertz CT molecular complexity index is 1520. The minimum absolute atomic E-state index is 0.215. The van der Waals surface area contributed by atoms with Crippen LogP contribution < -0.4 is 0 Å². The third kappa shape index (κ3) is 2.67. The van der Waals surface area contributed by atoms with E-state index in [2.05, 4.69) is 35.1 Å². The predicted molar refractivity (Wildman–Crippen MR) is 113 cm³/mol. The van der Waals surface area contributed by atoms with Crippen molar-refractivity contribution >= 4 is 33.3 Å². The molecule has 9 heteroatoms. The molecule has 0 aliphatic carbocycles. The lowest BCUT2D eigenvalue weighted by molar-refractivity contribution is 0.657. The van der Waals surface area contributed by atoms with Crippen LogP contribution in [-0.2, 0) is 0 Å². The minimum Gasteiger partial charge on any atom is -0.338 e. The van der Waals surface area contributed by atoms with Gasteiger partial charge in [0, 0.05) is 39.8 Å². The summed E-state index contributed by atoms with van der Waals surface area (Å²) in [6.45, 7) is 0. The summed E-state index contributed by atoms with van der Waals surface area (Å²) >= 11 is 1.11. The number of rotatable bonds is 3. The van der Waals surface area contributed by atoms with E-state index in [0.29, 0.717) is 11.4 Å². The first-order valence-corrected chi connectivity index (χ1v) is 9.92. The van der Waals surface area contributed by atoms with Gasteiger partial charge in [0.25, 0.3) is 0 Å². The van der Waals surface area contributed by atoms with Gasteiger partial charge in [-0.1, -0.05) is 0 Å². The van der Waals surface area contributed by atoms with Crippen molar-refractivity contribution in [2.75, 3.05) is 0 Å². The molecule has 0 bridgehead atoms. The fourth-order valence-corrected chi connectivity index (χ4v) is 4.29. The Morgan fingerprint density at radius 1 is 0.867 bits per heavy atom. The van der Waals surface area contributed by atoms with Crippen LogP contribution in [0.3, 0.4) is 0 Å². The number of hydrogen-bond acceptors (Lipinski definition) is 6. The molecule has 0 saturated heterocycles. The number of thiophene rings is 1. The number of nitrogens with zero attached hydrogens (tertiary/aromatic N) is 5. The maximum absolute atomic E-state index is 13.6. The number of nitrogens with one attached hydrogen (secondary N) is 2. The zero-order valence-corrected chi connectivity index (χ0v) is 16.1. The quantitative estimate of drug-likeness (QED) is 0.433. The van der Waals surface area contributed by atoms with E-state index in [4.69, 9.17) is 0 Å². The second-order valence-electron chi connectivity index (χ2n) is 6.69. The molecule has 0 aliphatic rings. The molecule has 7 nitrogen and oxygen atoms in total. The fraction of sp³-hybridized carbons (Fsp3) is 0. The first-order valence-electron chi connectivity index (χ1n) is 9.10. The molecule has 0 saturated carbocycles. The van der Waals surface area contributed by atoms with Gasteiger partial charge in [-0.05, 0) is 30.3 Å². The number of H-pyrrole nitrogens is 2. The summed E-state index contributed by atoms with van der Waals surface area (Å²) in [5.74, 6) is 0. The highest BCUT2D eigenvalue weighted by atomic mass is 32.1. The van der Waals surface area contributed by atoms with Gasteiger partial charge in [-0.25, -0.2) is 4.98 Å². The monoisotopic (exact) mass is 413 g/mol. The van der Waals surface area contributed by atoms with Crippen LogP contribution in [0, 0.1) is 5.13 Å². The molecule has 0 aromatic carbocycles. The van der Waals surface area contributed by atoms with Crippen LogP contribution in [0.4, 0.5) is 4.39 Å². The highest BCUT2D eigenvalue weighted by Crippen LogP contribution is 2.36. The smallest absolute Gasteiger partial charge is 0.176 e. The molecule has 0 spiro atoms. The molecule has 2 N–H and O–H groups in total. The zero-order valence-electron chi connectivity index (χ0n) is 15.3. The van der Waals surface area contributed by atoms with E-state index in [1.54, 1.807) is 37.1 Å². The number of fused-ring (bicyclic) bond motifs is 2. The molecule has 0 unspecified atom stereocenters. The van der Waals surface area contributed by atoms with Crippen LogP contribution >= 0.6 is 11.3 Å². The van der Waals surface area contributed by atoms with Crippen LogP contribution in [0.25, 0.3) is 55.2 Å². The van der Waals surface area contributed by atoms with Crippen molar-refractivity contribution in [2.24, 2.45) is 0 Å². The summed E-state index contributed by atoms with van der Waals surface area (Å²) in [5, 5.41) is 9.11. The summed E-state index contributed by atoms with van der Waals surface area (Å²) < 4.78 is 13.6. The van der Waals surface area contributed by atoms with Crippen molar-refractivity contribution in [3.8, 4) is 33.2 Å². The molecule has 6 heterocycles. The molecule has 6 aromatic rings. The van der Waals surface area contributed by atoms with Crippen molar-refractivity contribution in [3.05, 3.63) is 66.4 Å². The van der Waals surface area contributed by atoms with E-state index in [0.717, 1.165) is 55.1 Å². The second-order valence-corrected chi connectivity index (χ2v) is 7.72. The van der Waals surface area contributed by atoms with E-state index in [-0.39, 0.29) is 5.13 Å². The summed E-state index contributed by atoms with van der Waals surface area (Å²) in [4.78, 5) is 21.5. The average Bonchev–Trinajstić information content (AvgIpc) is 3.51. The lowest BCUT2D eigenvalue weighted by Crippen LogP contribution is -1.88. The second kappa shape index (κ2) is 6.53. The Hall–Kier alpha value is -3.98. The van der Waals surface area contributed by atoms with Crippen LogP contribution in [0.15, 0.2) is 61.3 Å². The molecule has 0 aliphatic heterocycles. The van der Waals surface area contributed by atoms with Gasteiger partial charge in [0.1, 0.15) is 17.0 Å². The lowest BCUT2D eigenvalue weighted by Gasteiger charge is -1.99. The Balaban J connectivity index is 1.52. The number of pyridine rings is 2. The number of hydrogen-bond donors (Lipinski definition) is 2. The fourth-order valence-electron chi connectivity index (χ4n) is 3.52. The standard InChI is InChI=1S/C21H12FN7S/c22-19-2-1-18(30-19)11-3-4-25-21-12(11)7-15(27-21)20-13-8-14(17-9-23-5-6-24-17)26-10-16(13)28-29-20/h1-10H,(H,25,27)(H,28,29). The van der Waals surface area contributed by atoms with Crippen LogP contribution in [-0.4, -0.2) is 35.1 Å². The van der Waals surface area contributed by atoms with Crippen molar-refractivity contribution in [1.29, 1.82) is 0 Å². The van der Waals surface area contributed by atoms with Gasteiger partial charge in [0.2, 0.25) is 0 Å². The van der Waals surface area contributed by atoms with Crippen LogP contribution in [0.1, 0.15) is 0 Å². The first-order chi connectivity index (χ1) is 14.8. The maximum Gasteiger partial charge on any atom is 0.176 e. The summed E-state index contributed by atoms with van der Waals surface area (Å²) in [6.07, 6.45) is 8.38. The SMILES string of the molecule is Fc1ccc(-c2ccnc3[nH]c(-c4n[nH]c5cnc(-c6cnccn6)cc45)cc23)s1. The van der Waals surface area contributed by atoms with E-state index in [1.807, 2.05) is 18.2 Å². The van der Waals surface area contributed by atoms with Crippen LogP contribution in [0.2, 0.25) is 0 Å². The third-order valence-corrected chi connectivity index (χ3v) is 5.81. The highest BCUT2D eigenvalue weighted by molar-refractivity contribution is 7.14. The summed E-state index contributed by atoms with van der Waals surface area (Å²) in [7, 11) is 0. The van der Waals surface area contributed by atoms with Gasteiger partial charge in [0.15, 0.2) is 5.13 Å². The molecule has 0 fully saturated rings. The predicted octanol–water partition coefficient (Wildman–Crippen LogP) is 4.83. The van der Waals surface area contributed by atoms with E-state index >= 15 is 0 Å². The van der Waals surface area contributed by atoms with Crippen molar-refractivity contribution < 1.29 is 4.39 Å². The van der Waals surface area contributed by atoms with Gasteiger partial charge < -0.3 is 4.98 Å². The van der Waals surface area contributed by atoms with E-state index in [1.165, 1.54) is 6.07 Å². The molecule has 0 radical (unpaired) electrons. The minimum atomic E-state index is -0.215. The molecule has 6 aromatic heterocycles. The number of aromatic amines is 2. The third-order valence-electron chi connectivity index (χ3n) is 4.90. The first kappa shape index (κ1) is 16.9. The molecule has 0 atom stereocenters. The van der Waals surface area contributed by atoms with Crippen molar-refractivity contribution in [1.82, 2.24) is 35.1 Å². The maximum atomic E-state index is 13.6.